The number of aliphatic carboxylic acids is 1. The second kappa shape index (κ2) is 7.75. The van der Waals surface area contributed by atoms with E-state index in [9.17, 15) is 23.7 Å². The molecule has 0 radical (unpaired) electrons. The van der Waals surface area contributed by atoms with Crippen molar-refractivity contribution in [3.05, 3.63) is 47.2 Å². The molecule has 11 heteroatoms. The molecule has 0 saturated carbocycles. The monoisotopic (exact) mass is 562 g/mol. The molecule has 1 fully saturated rings. The van der Waals surface area contributed by atoms with Gasteiger partial charge in [-0.15, -0.1) is 0 Å². The first kappa shape index (κ1) is 22.4. The molecule has 1 saturated heterocycles. The Morgan fingerprint density at radius 2 is 1.86 bits per heavy atom. The Kier molecular flexibility index (Phi) is 5.98. The molecule has 2 heterocycles. The molecule has 3 rings (SSSR count). The fraction of sp³-hybridized carbons (Fsp3) is 0.389. The number of amides is 2. The summed E-state index contributed by atoms with van der Waals surface area (Å²) in [6, 6.07) is 7.33. The smallest absolute Gasteiger partial charge is 0.352 e. The van der Waals surface area contributed by atoms with E-state index in [1.807, 2.05) is 19.6 Å². The molecule has 0 aromatic heterocycles. The van der Waals surface area contributed by atoms with E-state index >= 15 is 0 Å². The van der Waals surface area contributed by atoms with Gasteiger partial charge in [0.05, 0.1) is 18.9 Å². The molecule has 2 aliphatic heterocycles. The number of carboxylic acid groups (broad SMARTS) is 1. The standard InChI is InChI=1S/C18H20Br2N2O5SSi/c1-29(2,3)18(20)11(9-19)13(17(25)26)22-15(24)12(16(22)28(18)27)21-14(23)10-7-5-4-6-8-10/h4-8,12,16H,9H2,1-3H3,(H,21,23)(H,25,26)/t12?,16-,18?,28?/m1/s1. The second-order valence-corrected chi connectivity index (χ2v) is 18.1. The van der Waals surface area contributed by atoms with Gasteiger partial charge in [0.25, 0.3) is 11.8 Å². The fourth-order valence-corrected chi connectivity index (χ4v) is 11.5. The average Bonchev–Trinajstić information content (AvgIpc) is 2.66. The number of rotatable bonds is 5. The zero-order valence-corrected chi connectivity index (χ0v) is 20.9. The Balaban J connectivity index is 2.06. The lowest BCUT2D eigenvalue weighted by molar-refractivity contribution is -0.149. The van der Waals surface area contributed by atoms with Gasteiger partial charge in [-0.25, -0.2) is 4.79 Å². The Morgan fingerprint density at radius 1 is 1.28 bits per heavy atom. The Hall–Kier alpha value is -1.30. The lowest BCUT2D eigenvalue weighted by Gasteiger charge is -2.55. The van der Waals surface area contributed by atoms with Gasteiger partial charge in [-0.2, -0.15) is 0 Å². The Labute approximate surface area is 188 Å². The van der Waals surface area contributed by atoms with Crippen LogP contribution in [0.3, 0.4) is 0 Å². The summed E-state index contributed by atoms with van der Waals surface area (Å²) in [6.45, 7) is 5.94. The van der Waals surface area contributed by atoms with Crippen LogP contribution in [0, 0.1) is 0 Å². The third-order valence-electron chi connectivity index (χ3n) is 5.08. The molecular weight excluding hydrogens is 544 g/mol. The number of nitrogens with one attached hydrogen (secondary N) is 1. The lowest BCUT2D eigenvalue weighted by atomic mass is 10.0. The van der Waals surface area contributed by atoms with Crippen LogP contribution in [0.4, 0.5) is 0 Å². The predicted molar refractivity (Wildman–Crippen MR) is 120 cm³/mol. The minimum absolute atomic E-state index is 0.160. The number of β-lactam (4-membered cyclic amide) rings is 1. The molecule has 156 valence electrons. The normalized spacial score (nSPS) is 29.2. The molecule has 1 aromatic rings. The van der Waals surface area contributed by atoms with Gasteiger partial charge in [0.15, 0.2) is 0 Å². The first-order valence-electron chi connectivity index (χ1n) is 8.78. The highest BCUT2D eigenvalue weighted by molar-refractivity contribution is 9.12. The number of hydrogen-bond donors (Lipinski definition) is 2. The number of fused-ring (bicyclic) bond motifs is 1. The molecule has 29 heavy (non-hydrogen) atoms. The van der Waals surface area contributed by atoms with Crippen molar-refractivity contribution in [1.82, 2.24) is 10.2 Å². The largest absolute Gasteiger partial charge is 0.477 e. The van der Waals surface area contributed by atoms with Gasteiger partial charge < -0.3 is 10.4 Å². The maximum absolute atomic E-state index is 13.7. The molecule has 0 aliphatic carbocycles. The molecule has 2 amide bonds. The summed E-state index contributed by atoms with van der Waals surface area (Å²) in [5, 5.41) is 11.7. The van der Waals surface area contributed by atoms with Crippen molar-refractivity contribution < 1.29 is 23.7 Å². The van der Waals surface area contributed by atoms with Gasteiger partial charge >= 0.3 is 5.97 Å². The number of carbonyl (C=O) groups is 3. The number of halogens is 2. The maximum atomic E-state index is 13.7. The SMILES string of the molecule is C[Si](C)(C)C1(Br)C(CBr)=C(C(=O)O)N2C(=O)C(NC(=O)c3ccccc3)[C@H]2S1=O. The van der Waals surface area contributed by atoms with Gasteiger partial charge in [-0.3, -0.25) is 18.7 Å². The topological polar surface area (TPSA) is 104 Å². The quantitative estimate of drug-likeness (QED) is 0.325. The summed E-state index contributed by atoms with van der Waals surface area (Å²) < 4.78 is 12.6. The van der Waals surface area contributed by atoms with E-state index in [4.69, 9.17) is 0 Å². The minimum Gasteiger partial charge on any atom is -0.477 e. The van der Waals surface area contributed by atoms with Gasteiger partial charge in [-0.05, 0) is 17.7 Å². The third-order valence-corrected chi connectivity index (χ3v) is 17.0. The van der Waals surface area contributed by atoms with Crippen molar-refractivity contribution in [1.29, 1.82) is 0 Å². The number of carbonyl (C=O) groups excluding carboxylic acids is 2. The first-order chi connectivity index (χ1) is 13.5. The van der Waals surface area contributed by atoms with Crippen molar-refractivity contribution in [3.8, 4) is 0 Å². The number of alkyl halides is 2. The summed E-state index contributed by atoms with van der Waals surface area (Å²) >= 11 is 6.96. The number of nitrogens with zero attached hydrogens (tertiary/aromatic N) is 1. The van der Waals surface area contributed by atoms with Crippen LogP contribution in [0.5, 0.6) is 0 Å². The molecule has 3 unspecified atom stereocenters. The van der Waals surface area contributed by atoms with E-state index in [0.717, 1.165) is 4.90 Å². The van der Waals surface area contributed by atoms with Crippen LogP contribution in [0.25, 0.3) is 0 Å². The van der Waals surface area contributed by atoms with Crippen LogP contribution in [-0.4, -0.2) is 60.1 Å². The molecule has 0 spiro atoms. The predicted octanol–water partition coefficient (Wildman–Crippen LogP) is 2.42. The van der Waals surface area contributed by atoms with Crippen molar-refractivity contribution in [2.75, 3.05) is 5.33 Å². The van der Waals surface area contributed by atoms with E-state index in [1.54, 1.807) is 30.3 Å². The zero-order chi connectivity index (χ0) is 21.7. The van der Waals surface area contributed by atoms with E-state index in [1.165, 1.54) is 0 Å². The van der Waals surface area contributed by atoms with Gasteiger partial charge in [0.2, 0.25) is 0 Å². The van der Waals surface area contributed by atoms with E-state index < -0.39 is 51.4 Å². The Bertz CT molecular complexity index is 949. The number of benzene rings is 1. The summed E-state index contributed by atoms with van der Waals surface area (Å²) in [5.41, 5.74) is 0.590. The summed E-state index contributed by atoms with van der Waals surface area (Å²) in [4.78, 5) is 38.5. The third kappa shape index (κ3) is 3.35. The van der Waals surface area contributed by atoms with Crippen molar-refractivity contribution in [2.45, 2.75) is 34.3 Å². The van der Waals surface area contributed by atoms with Crippen LogP contribution >= 0.6 is 31.9 Å². The van der Waals surface area contributed by atoms with Crippen LogP contribution < -0.4 is 5.32 Å². The first-order valence-corrected chi connectivity index (χ1v) is 15.4. The fourth-order valence-electron chi connectivity index (χ4n) is 3.59. The second-order valence-electron chi connectivity index (χ2n) is 7.82. The molecule has 4 atom stereocenters. The highest BCUT2D eigenvalue weighted by atomic mass is 79.9. The van der Waals surface area contributed by atoms with E-state index in [-0.39, 0.29) is 11.0 Å². The molecule has 7 nitrogen and oxygen atoms in total. The molecule has 2 N–H and O–H groups in total. The summed E-state index contributed by atoms with van der Waals surface area (Å²) in [6.07, 6.45) is 0. The van der Waals surface area contributed by atoms with E-state index in [2.05, 4.69) is 37.2 Å². The molecular formula is C18H20Br2N2O5SSi. The molecule has 1 aromatic carbocycles. The molecule has 0 bridgehead atoms. The minimum atomic E-state index is -2.29. The van der Waals surface area contributed by atoms with Gasteiger partial charge in [0, 0.05) is 10.9 Å². The summed E-state index contributed by atoms with van der Waals surface area (Å²) in [7, 11) is -3.97. The van der Waals surface area contributed by atoms with Gasteiger partial charge in [-0.1, -0.05) is 69.7 Å². The highest BCUT2D eigenvalue weighted by Crippen LogP contribution is 2.51. The number of carboxylic acids is 1. The molecule has 2 aliphatic rings. The van der Waals surface area contributed by atoms with Crippen LogP contribution in [-0.2, 0) is 20.4 Å². The maximum Gasteiger partial charge on any atom is 0.352 e. The number of hydrogen-bond acceptors (Lipinski definition) is 4. The van der Waals surface area contributed by atoms with Crippen LogP contribution in [0.2, 0.25) is 19.6 Å². The zero-order valence-electron chi connectivity index (χ0n) is 15.9. The van der Waals surface area contributed by atoms with Crippen LogP contribution in [0.15, 0.2) is 41.6 Å². The highest BCUT2D eigenvalue weighted by Gasteiger charge is 2.66. The van der Waals surface area contributed by atoms with E-state index in [0.29, 0.717) is 11.1 Å². The van der Waals surface area contributed by atoms with Crippen molar-refractivity contribution in [2.24, 2.45) is 0 Å². The Morgan fingerprint density at radius 3 is 2.34 bits per heavy atom. The van der Waals surface area contributed by atoms with Crippen molar-refractivity contribution >= 4 is 68.5 Å². The van der Waals surface area contributed by atoms with Crippen molar-refractivity contribution in [3.63, 3.8) is 0 Å². The van der Waals surface area contributed by atoms with Gasteiger partial charge in [0.1, 0.15) is 20.4 Å². The lowest BCUT2D eigenvalue weighted by Crippen LogP contribution is -2.77. The summed E-state index contributed by atoms with van der Waals surface area (Å²) in [5.74, 6) is -2.31. The van der Waals surface area contributed by atoms with Crippen LogP contribution in [0.1, 0.15) is 10.4 Å². The average molecular weight is 564 g/mol.